The molecular formula is C15H19F3N2O5S2. The summed E-state index contributed by atoms with van der Waals surface area (Å²) in [6, 6.07) is 4.51. The summed E-state index contributed by atoms with van der Waals surface area (Å²) in [6.45, 7) is 3.26. The molecule has 0 amide bonds. The summed E-state index contributed by atoms with van der Waals surface area (Å²) in [5, 5.41) is 0.745. The van der Waals surface area contributed by atoms with Crippen LogP contribution in [-0.4, -0.2) is 47.1 Å². The normalized spacial score (nSPS) is 19.6. The Labute approximate surface area is 155 Å². The van der Waals surface area contributed by atoms with E-state index in [2.05, 4.69) is 16.0 Å². The van der Waals surface area contributed by atoms with Crippen LogP contribution in [0, 0.1) is 5.92 Å². The molecular weight excluding hydrogens is 409 g/mol. The van der Waals surface area contributed by atoms with Gasteiger partial charge in [-0.1, -0.05) is 18.7 Å². The lowest BCUT2D eigenvalue weighted by Crippen LogP contribution is -2.43. The second-order valence-corrected chi connectivity index (χ2v) is 9.54. The van der Waals surface area contributed by atoms with Crippen LogP contribution >= 0.6 is 0 Å². The van der Waals surface area contributed by atoms with Crippen LogP contribution in [0.3, 0.4) is 0 Å². The van der Waals surface area contributed by atoms with Gasteiger partial charge in [0.1, 0.15) is 10.6 Å². The van der Waals surface area contributed by atoms with Crippen molar-refractivity contribution in [3.05, 3.63) is 36.3 Å². The average molecular weight is 428 g/mol. The molecule has 7 nitrogen and oxygen atoms in total. The average Bonchev–Trinajstić information content (AvgIpc) is 2.59. The first kappa shape index (κ1) is 21.7. The Morgan fingerprint density at radius 1 is 1.26 bits per heavy atom. The van der Waals surface area contributed by atoms with Crippen molar-refractivity contribution in [1.29, 1.82) is 0 Å². The molecule has 12 heteroatoms. The molecule has 1 aromatic carbocycles. The third-order valence-electron chi connectivity index (χ3n) is 3.97. The zero-order valence-corrected chi connectivity index (χ0v) is 15.8. The minimum atomic E-state index is -5.03. The van der Waals surface area contributed by atoms with Crippen LogP contribution in [0.25, 0.3) is 0 Å². The summed E-state index contributed by atoms with van der Waals surface area (Å²) in [5.74, 6) is -1.13. The summed E-state index contributed by atoms with van der Waals surface area (Å²) in [6.07, 6.45) is -4.01. The monoisotopic (exact) mass is 428 g/mol. The molecule has 0 bridgehead atoms. The Morgan fingerprint density at radius 2 is 1.93 bits per heavy atom. The number of benzene rings is 1. The van der Waals surface area contributed by atoms with Crippen molar-refractivity contribution in [2.24, 2.45) is 5.92 Å². The van der Waals surface area contributed by atoms with E-state index in [1.165, 1.54) is 12.1 Å². The van der Waals surface area contributed by atoms with E-state index in [-0.39, 0.29) is 25.6 Å². The largest absolute Gasteiger partial charge is 0.573 e. The van der Waals surface area contributed by atoms with Gasteiger partial charge >= 0.3 is 6.36 Å². The first-order valence-electron chi connectivity index (χ1n) is 7.91. The number of para-hydroxylation sites is 1. The lowest BCUT2D eigenvalue weighted by atomic mass is 10.0. The number of nitrogens with zero attached hydrogens (tertiary/aromatic N) is 1. The highest BCUT2D eigenvalue weighted by Gasteiger charge is 2.37. The summed E-state index contributed by atoms with van der Waals surface area (Å²) in [5.41, 5.74) is 0. The van der Waals surface area contributed by atoms with Gasteiger partial charge in [0, 0.05) is 25.0 Å². The molecule has 1 atom stereocenters. The van der Waals surface area contributed by atoms with Gasteiger partial charge in [0.05, 0.1) is 0 Å². The fourth-order valence-electron chi connectivity index (χ4n) is 2.72. The van der Waals surface area contributed by atoms with Gasteiger partial charge in [-0.3, -0.25) is 0 Å². The van der Waals surface area contributed by atoms with Crippen LogP contribution in [0.2, 0.25) is 0 Å². The third-order valence-corrected chi connectivity index (χ3v) is 6.88. The van der Waals surface area contributed by atoms with Crippen LogP contribution in [0.5, 0.6) is 5.75 Å². The van der Waals surface area contributed by atoms with Crippen molar-refractivity contribution < 1.29 is 34.7 Å². The maximum absolute atomic E-state index is 12.8. The Morgan fingerprint density at radius 3 is 2.56 bits per heavy atom. The van der Waals surface area contributed by atoms with Gasteiger partial charge in [0.2, 0.25) is 20.0 Å². The summed E-state index contributed by atoms with van der Waals surface area (Å²) in [7, 11) is -7.90. The van der Waals surface area contributed by atoms with Gasteiger partial charge < -0.3 is 4.74 Å². The first-order chi connectivity index (χ1) is 12.4. The maximum atomic E-state index is 12.8. The number of ether oxygens (including phenoxy) is 1. The molecule has 0 radical (unpaired) electrons. The number of rotatable bonds is 7. The Hall–Kier alpha value is -1.63. The molecule has 2 rings (SSSR count). The fraction of sp³-hybridized carbons (Fsp3) is 0.467. The van der Waals surface area contributed by atoms with E-state index in [0.717, 1.165) is 21.8 Å². The number of sulfonamides is 2. The molecule has 1 N–H and O–H groups in total. The van der Waals surface area contributed by atoms with E-state index in [1.54, 1.807) is 0 Å². The van der Waals surface area contributed by atoms with Crippen LogP contribution in [0.4, 0.5) is 13.2 Å². The predicted octanol–water partition coefficient (Wildman–Crippen LogP) is 2.05. The molecule has 1 unspecified atom stereocenters. The minimum absolute atomic E-state index is 0.00106. The second-order valence-electron chi connectivity index (χ2n) is 5.93. The van der Waals surface area contributed by atoms with Crippen molar-refractivity contribution in [1.82, 2.24) is 9.03 Å². The van der Waals surface area contributed by atoms with Crippen LogP contribution in [-0.2, 0) is 20.0 Å². The molecule has 1 saturated heterocycles. The zero-order chi connectivity index (χ0) is 20.3. The van der Waals surface area contributed by atoms with Crippen molar-refractivity contribution in [3.63, 3.8) is 0 Å². The summed E-state index contributed by atoms with van der Waals surface area (Å²) in [4.78, 5) is -0.588. The van der Waals surface area contributed by atoms with Gasteiger partial charge in [-0.2, -0.15) is 4.31 Å². The smallest absolute Gasteiger partial charge is 0.404 e. The zero-order valence-electron chi connectivity index (χ0n) is 14.1. The van der Waals surface area contributed by atoms with Gasteiger partial charge in [0.15, 0.2) is 0 Å². The number of alkyl halides is 3. The summed E-state index contributed by atoms with van der Waals surface area (Å²) < 4.78 is 93.3. The van der Waals surface area contributed by atoms with Gasteiger partial charge in [-0.05, 0) is 30.9 Å². The highest BCUT2D eigenvalue weighted by atomic mass is 32.2. The maximum Gasteiger partial charge on any atom is 0.573 e. The molecule has 0 spiro atoms. The molecule has 1 aromatic rings. The molecule has 27 heavy (non-hydrogen) atoms. The van der Waals surface area contributed by atoms with Crippen molar-refractivity contribution >= 4 is 20.0 Å². The highest BCUT2D eigenvalue weighted by molar-refractivity contribution is 7.92. The number of hydrogen-bond donors (Lipinski definition) is 1. The molecule has 0 aliphatic carbocycles. The first-order valence-corrected chi connectivity index (χ1v) is 10.9. The Bertz CT molecular complexity index is 885. The van der Waals surface area contributed by atoms with E-state index in [4.69, 9.17) is 0 Å². The van der Waals surface area contributed by atoms with Crippen molar-refractivity contribution in [2.75, 3.05) is 19.6 Å². The van der Waals surface area contributed by atoms with Gasteiger partial charge in [-0.25, -0.2) is 21.6 Å². The lowest BCUT2D eigenvalue weighted by molar-refractivity contribution is -0.275. The third kappa shape index (κ3) is 5.92. The molecule has 152 valence electrons. The molecule has 1 heterocycles. The number of halogens is 3. The standard InChI is InChI=1S/C15H19F3N2O5S2/c1-2-26(21,22)19-10-12-6-5-9-20(11-12)27(23,24)14-8-4-3-7-13(14)25-15(16,17)18/h2-4,7-8,12,19H,1,5-6,9-11H2. The molecule has 0 aromatic heterocycles. The molecule has 1 fully saturated rings. The van der Waals surface area contributed by atoms with E-state index < -0.39 is 37.1 Å². The van der Waals surface area contributed by atoms with Crippen molar-refractivity contribution in [3.8, 4) is 5.75 Å². The summed E-state index contributed by atoms with van der Waals surface area (Å²) >= 11 is 0. The number of nitrogens with one attached hydrogen (secondary N) is 1. The van der Waals surface area contributed by atoms with Crippen LogP contribution in [0.1, 0.15) is 12.8 Å². The van der Waals surface area contributed by atoms with Crippen molar-refractivity contribution in [2.45, 2.75) is 24.1 Å². The van der Waals surface area contributed by atoms with Gasteiger partial charge in [-0.15, -0.1) is 13.2 Å². The molecule has 1 aliphatic heterocycles. The van der Waals surface area contributed by atoms with Crippen LogP contribution in [0.15, 0.2) is 41.1 Å². The Balaban J connectivity index is 2.20. The van der Waals surface area contributed by atoms with E-state index in [9.17, 15) is 30.0 Å². The predicted molar refractivity (Wildman–Crippen MR) is 91.7 cm³/mol. The highest BCUT2D eigenvalue weighted by Crippen LogP contribution is 2.32. The molecule has 0 saturated carbocycles. The minimum Gasteiger partial charge on any atom is -0.404 e. The Kier molecular flexibility index (Phi) is 6.55. The lowest BCUT2D eigenvalue weighted by Gasteiger charge is -2.32. The van der Waals surface area contributed by atoms with Gasteiger partial charge in [0.25, 0.3) is 0 Å². The quantitative estimate of drug-likeness (QED) is 0.718. The van der Waals surface area contributed by atoms with E-state index >= 15 is 0 Å². The molecule has 1 aliphatic rings. The fourth-order valence-corrected chi connectivity index (χ4v) is 4.97. The van der Waals surface area contributed by atoms with E-state index in [1.807, 2.05) is 0 Å². The topological polar surface area (TPSA) is 92.8 Å². The second kappa shape index (κ2) is 8.17. The number of piperidine rings is 1. The SMILES string of the molecule is C=CS(=O)(=O)NCC1CCCN(S(=O)(=O)c2ccccc2OC(F)(F)F)C1. The van der Waals surface area contributed by atoms with Crippen LogP contribution < -0.4 is 9.46 Å². The van der Waals surface area contributed by atoms with E-state index in [0.29, 0.717) is 12.8 Å². The number of hydrogen-bond acceptors (Lipinski definition) is 5.